The number of ether oxygens (including phenoxy) is 1. The number of nitrogens with zero attached hydrogens (tertiary/aromatic N) is 4. The molecule has 3 heterocycles. The van der Waals surface area contributed by atoms with Crippen LogP contribution in [0.4, 0.5) is 0 Å². The van der Waals surface area contributed by atoms with Crippen molar-refractivity contribution in [2.45, 2.75) is 25.7 Å². The molecule has 0 aromatic carbocycles. The lowest BCUT2D eigenvalue weighted by molar-refractivity contribution is 0.219. The zero-order chi connectivity index (χ0) is 13.2. The van der Waals surface area contributed by atoms with Gasteiger partial charge < -0.3 is 9.64 Å². The van der Waals surface area contributed by atoms with Crippen LogP contribution >= 0.6 is 0 Å². The minimum Gasteiger partial charge on any atom is -0.495 e. The van der Waals surface area contributed by atoms with Crippen molar-refractivity contribution in [2.24, 2.45) is 0 Å². The molecule has 2 aromatic heterocycles. The summed E-state index contributed by atoms with van der Waals surface area (Å²) >= 11 is 0. The van der Waals surface area contributed by atoms with Gasteiger partial charge in [-0.1, -0.05) is 6.92 Å². The van der Waals surface area contributed by atoms with E-state index >= 15 is 0 Å². The fourth-order valence-electron chi connectivity index (χ4n) is 2.68. The van der Waals surface area contributed by atoms with Crippen LogP contribution in [0.25, 0.3) is 5.65 Å². The van der Waals surface area contributed by atoms with Gasteiger partial charge in [0.25, 0.3) is 0 Å². The highest BCUT2D eigenvalue weighted by molar-refractivity contribution is 5.40. The van der Waals surface area contributed by atoms with E-state index in [4.69, 9.17) is 4.74 Å². The summed E-state index contributed by atoms with van der Waals surface area (Å²) in [4.78, 5) is 7.12. The first-order valence-electron chi connectivity index (χ1n) is 6.93. The predicted molar refractivity (Wildman–Crippen MR) is 73.6 cm³/mol. The van der Waals surface area contributed by atoms with Crippen LogP contribution in [0.5, 0.6) is 5.75 Å². The number of piperidine rings is 1. The molecule has 1 aliphatic rings. The summed E-state index contributed by atoms with van der Waals surface area (Å²) in [5.41, 5.74) is 0.897. The Morgan fingerprint density at radius 1 is 1.32 bits per heavy atom. The van der Waals surface area contributed by atoms with E-state index < -0.39 is 0 Å². The second-order valence-corrected chi connectivity index (χ2v) is 5.05. The minimum atomic E-state index is 0.494. The summed E-state index contributed by atoms with van der Waals surface area (Å²) in [6.45, 7) is 5.67. The maximum atomic E-state index is 5.21. The van der Waals surface area contributed by atoms with Crippen LogP contribution in [0.3, 0.4) is 0 Å². The summed E-state index contributed by atoms with van der Waals surface area (Å²) in [5, 5.41) is 4.60. The third kappa shape index (κ3) is 2.42. The lowest BCUT2D eigenvalue weighted by Gasteiger charge is -2.29. The number of rotatable bonds is 3. The van der Waals surface area contributed by atoms with Crippen molar-refractivity contribution in [3.05, 3.63) is 24.2 Å². The molecule has 5 nitrogen and oxygen atoms in total. The van der Waals surface area contributed by atoms with E-state index in [0.29, 0.717) is 5.92 Å². The molecule has 5 heteroatoms. The molecule has 3 rings (SSSR count). The van der Waals surface area contributed by atoms with Gasteiger partial charge in [0.2, 0.25) is 0 Å². The summed E-state index contributed by atoms with van der Waals surface area (Å²) in [6.07, 6.45) is 4.19. The monoisotopic (exact) mass is 260 g/mol. The first kappa shape index (κ1) is 12.4. The van der Waals surface area contributed by atoms with Gasteiger partial charge in [0.1, 0.15) is 5.75 Å². The van der Waals surface area contributed by atoms with Gasteiger partial charge in [0.05, 0.1) is 13.3 Å². The van der Waals surface area contributed by atoms with Gasteiger partial charge in [0.15, 0.2) is 11.5 Å². The zero-order valence-electron chi connectivity index (χ0n) is 11.5. The SMILES string of the molecule is CCN1CCC(c2nc3ccc(OC)cn3n2)CC1. The Balaban J connectivity index is 1.81. The van der Waals surface area contributed by atoms with Crippen LogP contribution in [0.1, 0.15) is 31.5 Å². The number of fused-ring (bicyclic) bond motifs is 1. The molecule has 0 amide bonds. The molecule has 1 fully saturated rings. The number of methoxy groups -OCH3 is 1. The smallest absolute Gasteiger partial charge is 0.155 e. The zero-order valence-corrected chi connectivity index (χ0v) is 11.5. The van der Waals surface area contributed by atoms with Crippen LogP contribution in [-0.2, 0) is 0 Å². The van der Waals surface area contributed by atoms with Gasteiger partial charge in [-0.3, -0.25) is 0 Å². The maximum absolute atomic E-state index is 5.21. The first-order valence-corrected chi connectivity index (χ1v) is 6.93. The quantitative estimate of drug-likeness (QED) is 0.846. The van der Waals surface area contributed by atoms with E-state index in [1.165, 1.54) is 0 Å². The Morgan fingerprint density at radius 3 is 2.79 bits per heavy atom. The van der Waals surface area contributed by atoms with Crippen molar-refractivity contribution >= 4 is 5.65 Å². The van der Waals surface area contributed by atoms with Crippen LogP contribution < -0.4 is 4.74 Å². The van der Waals surface area contributed by atoms with E-state index in [2.05, 4.69) is 21.9 Å². The van der Waals surface area contributed by atoms with Crippen LogP contribution in [0.2, 0.25) is 0 Å². The molecular formula is C14H20N4O. The molecular weight excluding hydrogens is 240 g/mol. The Kier molecular flexibility index (Phi) is 3.38. The third-order valence-electron chi connectivity index (χ3n) is 3.96. The first-order chi connectivity index (χ1) is 9.30. The molecule has 0 N–H and O–H groups in total. The Hall–Kier alpha value is -1.62. The number of hydrogen-bond acceptors (Lipinski definition) is 4. The van der Waals surface area contributed by atoms with Crippen LogP contribution in [0, 0.1) is 0 Å². The Morgan fingerprint density at radius 2 is 2.11 bits per heavy atom. The molecule has 2 aromatic rings. The topological polar surface area (TPSA) is 42.7 Å². The third-order valence-corrected chi connectivity index (χ3v) is 3.96. The van der Waals surface area contributed by atoms with E-state index in [1.54, 1.807) is 7.11 Å². The molecule has 0 saturated carbocycles. The van der Waals surface area contributed by atoms with E-state index in [1.807, 2.05) is 22.8 Å². The van der Waals surface area contributed by atoms with Crippen molar-refractivity contribution in [3.8, 4) is 5.75 Å². The van der Waals surface area contributed by atoms with Crippen molar-refractivity contribution in [1.29, 1.82) is 0 Å². The lowest BCUT2D eigenvalue weighted by Crippen LogP contribution is -2.32. The van der Waals surface area contributed by atoms with Crippen molar-refractivity contribution in [2.75, 3.05) is 26.7 Å². The highest BCUT2D eigenvalue weighted by Gasteiger charge is 2.23. The molecule has 0 aliphatic carbocycles. The number of aromatic nitrogens is 3. The average molecular weight is 260 g/mol. The average Bonchev–Trinajstić information content (AvgIpc) is 2.90. The molecule has 0 radical (unpaired) electrons. The molecule has 0 atom stereocenters. The Bertz CT molecular complexity index is 558. The standard InChI is InChI=1S/C14H20N4O/c1-3-17-8-6-11(7-9-17)14-15-13-5-4-12(19-2)10-18(13)16-14/h4-5,10-11H,3,6-9H2,1-2H3. The number of hydrogen-bond donors (Lipinski definition) is 0. The molecule has 19 heavy (non-hydrogen) atoms. The van der Waals surface area contributed by atoms with E-state index in [-0.39, 0.29) is 0 Å². The summed E-state index contributed by atoms with van der Waals surface area (Å²) in [6, 6.07) is 3.88. The Labute approximate surface area is 113 Å². The molecule has 1 aliphatic heterocycles. The summed E-state index contributed by atoms with van der Waals surface area (Å²) in [5.74, 6) is 2.28. The maximum Gasteiger partial charge on any atom is 0.155 e. The summed E-state index contributed by atoms with van der Waals surface area (Å²) < 4.78 is 7.03. The predicted octanol–water partition coefficient (Wildman–Crippen LogP) is 1.94. The normalized spacial score (nSPS) is 18.0. The van der Waals surface area contributed by atoms with Crippen LogP contribution in [0.15, 0.2) is 18.3 Å². The van der Waals surface area contributed by atoms with Gasteiger partial charge in [-0.2, -0.15) is 5.10 Å². The van der Waals surface area contributed by atoms with Crippen molar-refractivity contribution in [3.63, 3.8) is 0 Å². The van der Waals surface area contributed by atoms with Crippen molar-refractivity contribution in [1.82, 2.24) is 19.5 Å². The molecule has 0 unspecified atom stereocenters. The van der Waals surface area contributed by atoms with Gasteiger partial charge in [0, 0.05) is 5.92 Å². The fraction of sp³-hybridized carbons (Fsp3) is 0.571. The van der Waals surface area contributed by atoms with Crippen molar-refractivity contribution < 1.29 is 4.74 Å². The fourth-order valence-corrected chi connectivity index (χ4v) is 2.68. The van der Waals surface area contributed by atoms with E-state index in [9.17, 15) is 0 Å². The van der Waals surface area contributed by atoms with Gasteiger partial charge in [-0.05, 0) is 44.6 Å². The lowest BCUT2D eigenvalue weighted by atomic mass is 9.96. The van der Waals surface area contributed by atoms with Gasteiger partial charge in [-0.15, -0.1) is 0 Å². The molecule has 0 bridgehead atoms. The highest BCUT2D eigenvalue weighted by atomic mass is 16.5. The number of pyridine rings is 1. The molecule has 0 spiro atoms. The highest BCUT2D eigenvalue weighted by Crippen LogP contribution is 2.26. The second kappa shape index (κ2) is 5.17. The number of likely N-dealkylation sites (tertiary alicyclic amines) is 1. The largest absolute Gasteiger partial charge is 0.495 e. The van der Waals surface area contributed by atoms with Gasteiger partial charge >= 0.3 is 0 Å². The van der Waals surface area contributed by atoms with Crippen LogP contribution in [-0.4, -0.2) is 46.2 Å². The minimum absolute atomic E-state index is 0.494. The molecule has 1 saturated heterocycles. The second-order valence-electron chi connectivity index (χ2n) is 5.05. The summed E-state index contributed by atoms with van der Waals surface area (Å²) in [7, 11) is 1.67. The molecule has 102 valence electrons. The van der Waals surface area contributed by atoms with E-state index in [0.717, 1.165) is 49.7 Å². The van der Waals surface area contributed by atoms with Gasteiger partial charge in [-0.25, -0.2) is 9.50 Å².